The minimum Gasteiger partial charge on any atom is -0.493 e. The Bertz CT molecular complexity index is 568. The molecule has 0 aliphatic carbocycles. The smallest absolute Gasteiger partial charge is 0.193 e. The summed E-state index contributed by atoms with van der Waals surface area (Å²) in [6, 6.07) is 5.58. The standard InChI is InChI=1S/C19H32N4O2.HI/c1-15-7-6-12-23(14-15)11-5-4-10-21-19(20)22-16-8-9-17(24-2)18(13-16)25-3;/h8-9,13,15H,4-7,10-12,14H2,1-3H3,(H3,20,21,22);1H. The van der Waals surface area contributed by atoms with Crippen molar-refractivity contribution < 1.29 is 9.47 Å². The van der Waals surface area contributed by atoms with E-state index in [-0.39, 0.29) is 24.0 Å². The van der Waals surface area contributed by atoms with E-state index in [1.165, 1.54) is 38.9 Å². The number of guanidine groups is 1. The summed E-state index contributed by atoms with van der Waals surface area (Å²) in [7, 11) is 3.23. The van der Waals surface area contributed by atoms with Gasteiger partial charge in [-0.15, -0.1) is 24.0 Å². The molecule has 3 N–H and O–H groups in total. The number of nitrogens with zero attached hydrogens (tertiary/aromatic N) is 2. The second-order valence-corrected chi connectivity index (χ2v) is 6.72. The molecule has 0 aromatic heterocycles. The molecule has 7 heteroatoms. The van der Waals surface area contributed by atoms with Crippen molar-refractivity contribution in [2.24, 2.45) is 16.6 Å². The molecule has 1 aliphatic rings. The van der Waals surface area contributed by atoms with Crippen LogP contribution in [0.2, 0.25) is 0 Å². The Balaban J connectivity index is 0.00000338. The Kier molecular flexibility index (Phi) is 10.7. The molecular weight excluding hydrogens is 443 g/mol. The normalized spacial score (nSPS) is 18.1. The van der Waals surface area contributed by atoms with Crippen LogP contribution >= 0.6 is 24.0 Å². The SMILES string of the molecule is COc1ccc(NC(N)=NCCCCN2CCCC(C)C2)cc1OC.I. The number of benzene rings is 1. The molecule has 148 valence electrons. The van der Waals surface area contributed by atoms with Crippen molar-refractivity contribution in [1.82, 2.24) is 4.90 Å². The van der Waals surface area contributed by atoms with E-state index in [1.807, 2.05) is 18.2 Å². The van der Waals surface area contributed by atoms with Gasteiger partial charge in [0.25, 0.3) is 0 Å². The van der Waals surface area contributed by atoms with Gasteiger partial charge in [0.1, 0.15) is 0 Å². The highest BCUT2D eigenvalue weighted by Gasteiger charge is 2.15. The van der Waals surface area contributed by atoms with E-state index in [9.17, 15) is 0 Å². The van der Waals surface area contributed by atoms with E-state index in [2.05, 4.69) is 22.1 Å². The number of hydrogen-bond acceptors (Lipinski definition) is 4. The van der Waals surface area contributed by atoms with Gasteiger partial charge in [0.15, 0.2) is 17.5 Å². The molecule has 0 saturated carbocycles. The van der Waals surface area contributed by atoms with Crippen molar-refractivity contribution in [1.29, 1.82) is 0 Å². The van der Waals surface area contributed by atoms with Gasteiger partial charge in [-0.2, -0.15) is 0 Å². The van der Waals surface area contributed by atoms with Crippen molar-refractivity contribution in [3.8, 4) is 11.5 Å². The molecule has 1 aromatic carbocycles. The molecule has 1 atom stereocenters. The molecule has 1 fully saturated rings. The van der Waals surface area contributed by atoms with E-state index in [0.717, 1.165) is 24.6 Å². The van der Waals surface area contributed by atoms with Gasteiger partial charge in [-0.25, -0.2) is 0 Å². The number of methoxy groups -OCH3 is 2. The number of rotatable bonds is 8. The van der Waals surface area contributed by atoms with Gasteiger partial charge >= 0.3 is 0 Å². The molecule has 1 unspecified atom stereocenters. The topological polar surface area (TPSA) is 72.1 Å². The maximum atomic E-state index is 5.97. The van der Waals surface area contributed by atoms with Gasteiger partial charge in [-0.1, -0.05) is 6.92 Å². The predicted molar refractivity (Wildman–Crippen MR) is 119 cm³/mol. The average molecular weight is 476 g/mol. The molecule has 0 spiro atoms. The van der Waals surface area contributed by atoms with Crippen LogP contribution in [0.25, 0.3) is 0 Å². The molecule has 6 nitrogen and oxygen atoms in total. The fraction of sp³-hybridized carbons (Fsp3) is 0.632. The summed E-state index contributed by atoms with van der Waals surface area (Å²) >= 11 is 0. The van der Waals surface area contributed by atoms with Crippen LogP contribution in [-0.2, 0) is 0 Å². The number of piperidine rings is 1. The molecule has 1 saturated heterocycles. The van der Waals surface area contributed by atoms with Crippen LogP contribution in [0.4, 0.5) is 5.69 Å². The van der Waals surface area contributed by atoms with Crippen molar-refractivity contribution >= 4 is 35.6 Å². The first kappa shape index (κ1) is 22.8. The zero-order valence-electron chi connectivity index (χ0n) is 16.2. The van der Waals surface area contributed by atoms with E-state index < -0.39 is 0 Å². The molecule has 1 heterocycles. The first-order valence-corrected chi connectivity index (χ1v) is 9.13. The van der Waals surface area contributed by atoms with Crippen LogP contribution in [0.5, 0.6) is 11.5 Å². The van der Waals surface area contributed by atoms with Gasteiger partial charge in [-0.05, 0) is 56.8 Å². The van der Waals surface area contributed by atoms with Crippen LogP contribution in [0.3, 0.4) is 0 Å². The fourth-order valence-corrected chi connectivity index (χ4v) is 3.24. The number of nitrogens with two attached hydrogens (primary N) is 1. The number of unbranched alkanes of at least 4 members (excludes halogenated alkanes) is 1. The predicted octanol–water partition coefficient (Wildman–Crippen LogP) is 3.56. The second kappa shape index (κ2) is 12.2. The van der Waals surface area contributed by atoms with E-state index >= 15 is 0 Å². The van der Waals surface area contributed by atoms with Crippen LogP contribution in [0.1, 0.15) is 32.6 Å². The third-order valence-electron chi connectivity index (χ3n) is 4.56. The quantitative estimate of drug-likeness (QED) is 0.260. The monoisotopic (exact) mass is 476 g/mol. The van der Waals surface area contributed by atoms with Gasteiger partial charge < -0.3 is 25.4 Å². The summed E-state index contributed by atoms with van der Waals surface area (Å²) in [5, 5.41) is 3.10. The fourth-order valence-electron chi connectivity index (χ4n) is 3.24. The van der Waals surface area contributed by atoms with Gasteiger partial charge in [-0.3, -0.25) is 4.99 Å². The number of likely N-dealkylation sites (tertiary alicyclic amines) is 1. The number of nitrogens with one attached hydrogen (secondary N) is 1. The third-order valence-corrected chi connectivity index (χ3v) is 4.56. The Morgan fingerprint density at radius 3 is 2.73 bits per heavy atom. The lowest BCUT2D eigenvalue weighted by Gasteiger charge is -2.30. The summed E-state index contributed by atoms with van der Waals surface area (Å²) in [5.41, 5.74) is 6.80. The molecule has 1 aliphatic heterocycles. The van der Waals surface area contributed by atoms with E-state index in [0.29, 0.717) is 17.5 Å². The summed E-state index contributed by atoms with van der Waals surface area (Å²) in [6.45, 7) is 6.75. The Morgan fingerprint density at radius 1 is 1.27 bits per heavy atom. The minimum absolute atomic E-state index is 0. The number of hydrogen-bond donors (Lipinski definition) is 2. The van der Waals surface area contributed by atoms with Gasteiger partial charge in [0, 0.05) is 24.8 Å². The van der Waals surface area contributed by atoms with E-state index in [1.54, 1.807) is 14.2 Å². The minimum atomic E-state index is 0. The Morgan fingerprint density at radius 2 is 2.04 bits per heavy atom. The lowest BCUT2D eigenvalue weighted by molar-refractivity contribution is 0.181. The number of anilines is 1. The molecule has 0 amide bonds. The largest absolute Gasteiger partial charge is 0.493 e. The molecule has 1 aromatic rings. The number of ether oxygens (including phenoxy) is 2. The number of aliphatic imine (C=N–C) groups is 1. The van der Waals surface area contributed by atoms with Gasteiger partial charge in [0.2, 0.25) is 0 Å². The summed E-state index contributed by atoms with van der Waals surface area (Å²) in [4.78, 5) is 6.98. The summed E-state index contributed by atoms with van der Waals surface area (Å²) in [6.07, 6.45) is 4.93. The zero-order valence-corrected chi connectivity index (χ0v) is 18.5. The molecular formula is C19H33IN4O2. The summed E-state index contributed by atoms with van der Waals surface area (Å²) in [5.74, 6) is 2.62. The lowest BCUT2D eigenvalue weighted by atomic mass is 10.0. The molecule has 2 rings (SSSR count). The van der Waals surface area contributed by atoms with E-state index in [4.69, 9.17) is 15.2 Å². The first-order chi connectivity index (χ1) is 12.1. The van der Waals surface area contributed by atoms with Crippen LogP contribution in [0, 0.1) is 5.92 Å². The molecule has 26 heavy (non-hydrogen) atoms. The van der Waals surface area contributed by atoms with Crippen LogP contribution in [-0.4, -0.2) is 51.3 Å². The number of halogens is 1. The maximum Gasteiger partial charge on any atom is 0.193 e. The highest BCUT2D eigenvalue weighted by atomic mass is 127. The van der Waals surface area contributed by atoms with Crippen molar-refractivity contribution in [3.05, 3.63) is 18.2 Å². The zero-order chi connectivity index (χ0) is 18.1. The third kappa shape index (κ3) is 7.57. The molecule has 0 bridgehead atoms. The first-order valence-electron chi connectivity index (χ1n) is 9.13. The van der Waals surface area contributed by atoms with Crippen molar-refractivity contribution in [2.75, 3.05) is 45.7 Å². The highest BCUT2D eigenvalue weighted by molar-refractivity contribution is 14.0. The second-order valence-electron chi connectivity index (χ2n) is 6.72. The van der Waals surface area contributed by atoms with Gasteiger partial charge in [0.05, 0.1) is 14.2 Å². The van der Waals surface area contributed by atoms with Crippen molar-refractivity contribution in [3.63, 3.8) is 0 Å². The maximum absolute atomic E-state index is 5.97. The Hall–Kier alpha value is -1.22. The van der Waals surface area contributed by atoms with Crippen LogP contribution in [0.15, 0.2) is 23.2 Å². The van der Waals surface area contributed by atoms with Crippen molar-refractivity contribution in [2.45, 2.75) is 32.6 Å². The lowest BCUT2D eigenvalue weighted by Crippen LogP contribution is -2.35. The molecule has 0 radical (unpaired) electrons. The highest BCUT2D eigenvalue weighted by Crippen LogP contribution is 2.29. The van der Waals surface area contributed by atoms with Crippen LogP contribution < -0.4 is 20.5 Å². The Labute approximate surface area is 174 Å². The average Bonchev–Trinajstić information content (AvgIpc) is 2.61. The summed E-state index contributed by atoms with van der Waals surface area (Å²) < 4.78 is 10.5.